The van der Waals surface area contributed by atoms with Crippen molar-refractivity contribution in [3.8, 4) is 0 Å². The van der Waals surface area contributed by atoms with Crippen molar-refractivity contribution >= 4 is 17.5 Å². The van der Waals surface area contributed by atoms with Gasteiger partial charge in [0.25, 0.3) is 0 Å². The fourth-order valence-corrected chi connectivity index (χ4v) is 1.78. The van der Waals surface area contributed by atoms with Crippen molar-refractivity contribution in [2.45, 2.75) is 33.2 Å². The van der Waals surface area contributed by atoms with Crippen molar-refractivity contribution in [3.05, 3.63) is 29.6 Å². The van der Waals surface area contributed by atoms with Gasteiger partial charge in [-0.15, -0.1) is 0 Å². The molecule has 0 bridgehead atoms. The molecule has 0 aliphatic carbocycles. The molecule has 0 aliphatic rings. The zero-order valence-corrected chi connectivity index (χ0v) is 13.8. The molecule has 122 valence electrons. The molecule has 1 aromatic carbocycles. The number of rotatable bonds is 5. The van der Waals surface area contributed by atoms with Crippen LogP contribution in [-0.2, 0) is 9.59 Å². The number of hydrogen-bond donors (Lipinski definition) is 2. The van der Waals surface area contributed by atoms with Crippen LogP contribution in [0, 0.1) is 12.7 Å². The Bertz CT molecular complexity index is 553. The Morgan fingerprint density at radius 2 is 1.91 bits per heavy atom. The molecule has 0 fully saturated rings. The van der Waals surface area contributed by atoms with Gasteiger partial charge >= 0.3 is 0 Å². The highest BCUT2D eigenvalue weighted by Crippen LogP contribution is 2.13. The van der Waals surface area contributed by atoms with Crippen LogP contribution in [0.1, 0.15) is 26.3 Å². The molecule has 0 radical (unpaired) electrons. The van der Waals surface area contributed by atoms with Gasteiger partial charge in [0, 0.05) is 18.3 Å². The summed E-state index contributed by atoms with van der Waals surface area (Å²) in [6.07, 6.45) is 0. The topological polar surface area (TPSA) is 61.4 Å². The summed E-state index contributed by atoms with van der Waals surface area (Å²) < 4.78 is 13.4. The van der Waals surface area contributed by atoms with E-state index >= 15 is 0 Å². The Morgan fingerprint density at radius 1 is 1.27 bits per heavy atom. The van der Waals surface area contributed by atoms with Gasteiger partial charge in [-0.3, -0.25) is 9.59 Å². The summed E-state index contributed by atoms with van der Waals surface area (Å²) in [7, 11) is 1.56. The maximum Gasteiger partial charge on any atom is 0.242 e. The summed E-state index contributed by atoms with van der Waals surface area (Å²) in [6, 6.07) is 4.69. The lowest BCUT2D eigenvalue weighted by Gasteiger charge is -2.23. The fourth-order valence-electron chi connectivity index (χ4n) is 1.78. The first kappa shape index (κ1) is 17.9. The van der Waals surface area contributed by atoms with Gasteiger partial charge in [0.05, 0.1) is 13.1 Å². The monoisotopic (exact) mass is 309 g/mol. The largest absolute Gasteiger partial charge is 0.376 e. The van der Waals surface area contributed by atoms with Crippen molar-refractivity contribution in [1.82, 2.24) is 10.2 Å². The minimum atomic E-state index is -0.335. The van der Waals surface area contributed by atoms with Crippen molar-refractivity contribution in [2.24, 2.45) is 0 Å². The highest BCUT2D eigenvalue weighted by atomic mass is 19.1. The van der Waals surface area contributed by atoms with E-state index in [4.69, 9.17) is 0 Å². The summed E-state index contributed by atoms with van der Waals surface area (Å²) in [5.41, 5.74) is 0.746. The Balaban J connectivity index is 2.47. The van der Waals surface area contributed by atoms with E-state index in [0.717, 1.165) is 0 Å². The summed E-state index contributed by atoms with van der Waals surface area (Å²) in [6.45, 7) is 7.29. The van der Waals surface area contributed by atoms with Crippen LogP contribution in [0.4, 0.5) is 10.1 Å². The molecule has 0 spiro atoms. The van der Waals surface area contributed by atoms with Crippen molar-refractivity contribution in [3.63, 3.8) is 0 Å². The predicted molar refractivity (Wildman–Crippen MR) is 85.2 cm³/mol. The van der Waals surface area contributed by atoms with Gasteiger partial charge in [0.15, 0.2) is 0 Å². The van der Waals surface area contributed by atoms with E-state index in [1.807, 2.05) is 20.8 Å². The normalized spacial score (nSPS) is 11.0. The number of benzene rings is 1. The van der Waals surface area contributed by atoms with Crippen LogP contribution in [0.5, 0.6) is 0 Å². The first-order valence-electron chi connectivity index (χ1n) is 7.13. The molecule has 1 aromatic rings. The van der Waals surface area contributed by atoms with Crippen molar-refractivity contribution in [1.29, 1.82) is 0 Å². The molecule has 6 heteroatoms. The molecule has 0 saturated heterocycles. The standard InChI is InChI=1S/C16H24FN3O2/c1-11-6-7-12(8-13(11)17)18-9-15(22)20(5)10-14(21)19-16(2,3)4/h6-8,18H,9-10H2,1-5H3,(H,19,21). The van der Waals surface area contributed by atoms with Gasteiger partial charge < -0.3 is 15.5 Å². The SMILES string of the molecule is Cc1ccc(NCC(=O)N(C)CC(=O)NC(C)(C)C)cc1F. The van der Waals surface area contributed by atoms with Crippen LogP contribution in [0.25, 0.3) is 0 Å². The van der Waals surface area contributed by atoms with E-state index in [1.54, 1.807) is 26.1 Å². The highest BCUT2D eigenvalue weighted by molar-refractivity contribution is 5.86. The van der Waals surface area contributed by atoms with Gasteiger partial charge in [-0.25, -0.2) is 4.39 Å². The average molecular weight is 309 g/mol. The molecule has 0 atom stereocenters. The van der Waals surface area contributed by atoms with E-state index < -0.39 is 0 Å². The Labute approximate surface area is 130 Å². The smallest absolute Gasteiger partial charge is 0.242 e. The van der Waals surface area contributed by atoms with Gasteiger partial charge in [-0.05, 0) is 45.4 Å². The van der Waals surface area contributed by atoms with E-state index in [-0.39, 0.29) is 36.3 Å². The molecule has 2 N–H and O–H groups in total. The van der Waals surface area contributed by atoms with Crippen LogP contribution in [0.15, 0.2) is 18.2 Å². The number of carbonyl (C=O) groups excluding carboxylic acids is 2. The number of carbonyl (C=O) groups is 2. The van der Waals surface area contributed by atoms with E-state index in [0.29, 0.717) is 11.3 Å². The second kappa shape index (κ2) is 7.24. The number of anilines is 1. The van der Waals surface area contributed by atoms with E-state index in [1.165, 1.54) is 11.0 Å². The minimum absolute atomic E-state index is 0.00178. The summed E-state index contributed by atoms with van der Waals surface area (Å²) in [5, 5.41) is 5.64. The molecular formula is C16H24FN3O2. The van der Waals surface area contributed by atoms with Gasteiger partial charge in [0.1, 0.15) is 5.82 Å². The lowest BCUT2D eigenvalue weighted by molar-refractivity contribution is -0.133. The first-order chi connectivity index (χ1) is 10.1. The van der Waals surface area contributed by atoms with E-state index in [2.05, 4.69) is 10.6 Å². The molecule has 1 rings (SSSR count). The maximum atomic E-state index is 13.4. The Hall–Kier alpha value is -2.11. The molecule has 5 nitrogen and oxygen atoms in total. The highest BCUT2D eigenvalue weighted by Gasteiger charge is 2.17. The van der Waals surface area contributed by atoms with Crippen LogP contribution < -0.4 is 10.6 Å². The number of amides is 2. The summed E-state index contributed by atoms with van der Waals surface area (Å²) >= 11 is 0. The Morgan fingerprint density at radius 3 is 2.45 bits per heavy atom. The first-order valence-corrected chi connectivity index (χ1v) is 7.13. The number of nitrogens with one attached hydrogen (secondary N) is 2. The fraction of sp³-hybridized carbons (Fsp3) is 0.500. The van der Waals surface area contributed by atoms with Crippen LogP contribution >= 0.6 is 0 Å². The van der Waals surface area contributed by atoms with Crippen LogP contribution in [0.2, 0.25) is 0 Å². The third-order valence-corrected chi connectivity index (χ3v) is 2.94. The molecule has 22 heavy (non-hydrogen) atoms. The zero-order valence-electron chi connectivity index (χ0n) is 13.8. The van der Waals surface area contributed by atoms with Crippen molar-refractivity contribution in [2.75, 3.05) is 25.5 Å². The number of aryl methyl sites for hydroxylation is 1. The zero-order chi connectivity index (χ0) is 16.9. The Kier molecular flexibility index (Phi) is 5.91. The lowest BCUT2D eigenvalue weighted by atomic mass is 10.1. The maximum absolute atomic E-state index is 13.4. The van der Waals surface area contributed by atoms with E-state index in [9.17, 15) is 14.0 Å². The van der Waals surface area contributed by atoms with Crippen LogP contribution in [0.3, 0.4) is 0 Å². The molecule has 2 amide bonds. The molecule has 0 aromatic heterocycles. The summed E-state index contributed by atoms with van der Waals surface area (Å²) in [5.74, 6) is -0.787. The molecule has 0 unspecified atom stereocenters. The predicted octanol–water partition coefficient (Wildman–Crippen LogP) is 1.92. The molecule has 0 heterocycles. The number of likely N-dealkylation sites (N-methyl/N-ethyl adjacent to an activating group) is 1. The minimum Gasteiger partial charge on any atom is -0.376 e. The average Bonchev–Trinajstić information content (AvgIpc) is 2.37. The van der Waals surface area contributed by atoms with Crippen LogP contribution in [-0.4, -0.2) is 42.4 Å². The van der Waals surface area contributed by atoms with Crippen molar-refractivity contribution < 1.29 is 14.0 Å². The third-order valence-electron chi connectivity index (χ3n) is 2.94. The van der Waals surface area contributed by atoms with Gasteiger partial charge in [-0.2, -0.15) is 0 Å². The quantitative estimate of drug-likeness (QED) is 0.873. The van der Waals surface area contributed by atoms with Gasteiger partial charge in [0.2, 0.25) is 11.8 Å². The molecular weight excluding hydrogens is 285 g/mol. The number of hydrogen-bond acceptors (Lipinski definition) is 3. The molecule has 0 saturated carbocycles. The number of halogens is 1. The lowest BCUT2D eigenvalue weighted by Crippen LogP contribution is -2.47. The summed E-state index contributed by atoms with van der Waals surface area (Å²) in [4.78, 5) is 25.0. The third kappa shape index (κ3) is 6.11. The van der Waals surface area contributed by atoms with Gasteiger partial charge in [-0.1, -0.05) is 6.07 Å². The second-order valence-electron chi connectivity index (χ2n) is 6.37. The number of nitrogens with zero attached hydrogens (tertiary/aromatic N) is 1. The molecule has 0 aliphatic heterocycles. The second-order valence-corrected chi connectivity index (χ2v) is 6.37.